The van der Waals surface area contributed by atoms with Crippen molar-refractivity contribution in [1.29, 1.82) is 0 Å². The predicted octanol–water partition coefficient (Wildman–Crippen LogP) is 3.14. The maximum Gasteiger partial charge on any atom is 0.322 e. The number of aryl methyl sites for hydroxylation is 1. The van der Waals surface area contributed by atoms with Crippen LogP contribution in [0.15, 0.2) is 26.8 Å². The van der Waals surface area contributed by atoms with Gasteiger partial charge < -0.3 is 14.5 Å². The molecule has 0 bridgehead atoms. The quantitative estimate of drug-likeness (QED) is 0.840. The maximum absolute atomic E-state index is 5.49. The van der Waals surface area contributed by atoms with Crippen LogP contribution in [0.4, 0.5) is 5.95 Å². The highest BCUT2D eigenvalue weighted by atomic mass is 32.2. The molecule has 0 aliphatic rings. The van der Waals surface area contributed by atoms with Crippen molar-refractivity contribution in [3.63, 3.8) is 0 Å². The summed E-state index contributed by atoms with van der Waals surface area (Å²) in [7, 11) is 0. The van der Waals surface area contributed by atoms with E-state index in [0.29, 0.717) is 23.7 Å². The summed E-state index contributed by atoms with van der Waals surface area (Å²) in [5, 5.41) is 3.67. The lowest BCUT2D eigenvalue weighted by atomic mass is 10.5. The SMILES string of the molecule is CCCOc1nc(NCC)nc(Sc2ccoc2C)n1. The van der Waals surface area contributed by atoms with Gasteiger partial charge in [0.2, 0.25) is 11.1 Å². The van der Waals surface area contributed by atoms with E-state index in [1.54, 1.807) is 6.26 Å². The molecular formula is C13H18N4O2S. The van der Waals surface area contributed by atoms with Crippen LogP contribution in [0.1, 0.15) is 26.0 Å². The largest absolute Gasteiger partial charge is 0.468 e. The average Bonchev–Trinajstić information content (AvgIpc) is 2.82. The summed E-state index contributed by atoms with van der Waals surface area (Å²) in [4.78, 5) is 13.9. The number of aromatic nitrogens is 3. The molecule has 2 aromatic heterocycles. The minimum absolute atomic E-state index is 0.349. The number of rotatable bonds is 7. The van der Waals surface area contributed by atoms with Gasteiger partial charge in [0.1, 0.15) is 5.76 Å². The number of nitrogens with zero attached hydrogens (tertiary/aromatic N) is 3. The molecule has 0 saturated heterocycles. The molecule has 0 unspecified atom stereocenters. The molecule has 0 aromatic carbocycles. The van der Waals surface area contributed by atoms with Crippen molar-refractivity contribution < 1.29 is 9.15 Å². The second-order valence-corrected chi connectivity index (χ2v) is 5.06. The third kappa shape index (κ3) is 3.86. The Labute approximate surface area is 122 Å². The van der Waals surface area contributed by atoms with Crippen molar-refractivity contribution in [2.24, 2.45) is 0 Å². The molecule has 1 N–H and O–H groups in total. The summed E-state index contributed by atoms with van der Waals surface area (Å²) in [6.45, 7) is 7.26. The number of furan rings is 1. The van der Waals surface area contributed by atoms with E-state index in [4.69, 9.17) is 9.15 Å². The van der Waals surface area contributed by atoms with E-state index in [1.807, 2.05) is 26.8 Å². The monoisotopic (exact) mass is 294 g/mol. The van der Waals surface area contributed by atoms with Crippen LogP contribution in [0.5, 0.6) is 6.01 Å². The third-order valence-corrected chi connectivity index (χ3v) is 3.39. The normalized spacial score (nSPS) is 10.6. The van der Waals surface area contributed by atoms with Gasteiger partial charge in [0.15, 0.2) is 0 Å². The Morgan fingerprint density at radius 2 is 2.15 bits per heavy atom. The summed E-state index contributed by atoms with van der Waals surface area (Å²) in [6, 6.07) is 2.24. The molecule has 2 aromatic rings. The molecule has 0 amide bonds. The van der Waals surface area contributed by atoms with Crippen LogP contribution < -0.4 is 10.1 Å². The molecule has 7 heteroatoms. The van der Waals surface area contributed by atoms with Crippen LogP contribution in [0.3, 0.4) is 0 Å². The maximum atomic E-state index is 5.49. The smallest absolute Gasteiger partial charge is 0.322 e. The molecule has 0 spiro atoms. The predicted molar refractivity (Wildman–Crippen MR) is 77.3 cm³/mol. The zero-order valence-corrected chi connectivity index (χ0v) is 12.7. The molecule has 0 saturated carbocycles. The molecule has 0 aliphatic heterocycles. The zero-order valence-electron chi connectivity index (χ0n) is 11.8. The van der Waals surface area contributed by atoms with Crippen molar-refractivity contribution in [3.8, 4) is 6.01 Å². The van der Waals surface area contributed by atoms with Crippen LogP contribution in [0, 0.1) is 6.92 Å². The van der Waals surface area contributed by atoms with Gasteiger partial charge >= 0.3 is 6.01 Å². The van der Waals surface area contributed by atoms with Gasteiger partial charge in [-0.1, -0.05) is 6.92 Å². The van der Waals surface area contributed by atoms with E-state index >= 15 is 0 Å². The van der Waals surface area contributed by atoms with E-state index in [2.05, 4.69) is 20.3 Å². The van der Waals surface area contributed by atoms with Crippen LogP contribution in [0.25, 0.3) is 0 Å². The topological polar surface area (TPSA) is 73.1 Å². The standard InChI is InChI=1S/C13H18N4O2S/c1-4-7-19-12-15-11(14-5-2)16-13(17-12)20-10-6-8-18-9(10)3/h6,8H,4-5,7H2,1-3H3,(H,14,15,16,17). The summed E-state index contributed by atoms with van der Waals surface area (Å²) < 4.78 is 10.8. The molecule has 0 aliphatic carbocycles. The van der Waals surface area contributed by atoms with E-state index in [0.717, 1.165) is 23.6 Å². The van der Waals surface area contributed by atoms with Crippen molar-refractivity contribution >= 4 is 17.7 Å². The number of ether oxygens (including phenoxy) is 1. The van der Waals surface area contributed by atoms with E-state index in [1.165, 1.54) is 11.8 Å². The fourth-order valence-corrected chi connectivity index (χ4v) is 2.22. The molecule has 6 nitrogen and oxygen atoms in total. The summed E-state index contributed by atoms with van der Waals surface area (Å²) >= 11 is 1.43. The van der Waals surface area contributed by atoms with Crippen molar-refractivity contribution in [2.75, 3.05) is 18.5 Å². The fraction of sp³-hybridized carbons (Fsp3) is 0.462. The highest BCUT2D eigenvalue weighted by Crippen LogP contribution is 2.29. The molecule has 20 heavy (non-hydrogen) atoms. The zero-order chi connectivity index (χ0) is 14.4. The van der Waals surface area contributed by atoms with Gasteiger partial charge in [0, 0.05) is 6.54 Å². The van der Waals surface area contributed by atoms with E-state index in [9.17, 15) is 0 Å². The molecule has 0 radical (unpaired) electrons. The lowest BCUT2D eigenvalue weighted by molar-refractivity contribution is 0.288. The minimum atomic E-state index is 0.349. The average molecular weight is 294 g/mol. The van der Waals surface area contributed by atoms with Crippen LogP contribution in [-0.4, -0.2) is 28.1 Å². The highest BCUT2D eigenvalue weighted by Gasteiger charge is 2.11. The van der Waals surface area contributed by atoms with E-state index in [-0.39, 0.29) is 0 Å². The van der Waals surface area contributed by atoms with Gasteiger partial charge in [-0.15, -0.1) is 0 Å². The first kappa shape index (κ1) is 14.6. The molecular weight excluding hydrogens is 276 g/mol. The van der Waals surface area contributed by atoms with Crippen LogP contribution in [0.2, 0.25) is 0 Å². The first-order valence-corrected chi connectivity index (χ1v) is 7.39. The van der Waals surface area contributed by atoms with Crippen molar-refractivity contribution in [1.82, 2.24) is 15.0 Å². The first-order valence-electron chi connectivity index (χ1n) is 6.57. The summed E-state index contributed by atoms with van der Waals surface area (Å²) in [5.74, 6) is 1.37. The van der Waals surface area contributed by atoms with E-state index < -0.39 is 0 Å². The lowest BCUT2D eigenvalue weighted by Crippen LogP contribution is -2.07. The molecule has 0 atom stereocenters. The first-order chi connectivity index (χ1) is 9.72. The fourth-order valence-electron chi connectivity index (χ4n) is 1.46. The number of anilines is 1. The van der Waals surface area contributed by atoms with Gasteiger partial charge in [-0.2, -0.15) is 15.0 Å². The van der Waals surface area contributed by atoms with Crippen LogP contribution in [-0.2, 0) is 0 Å². The second kappa shape index (κ2) is 7.14. The Bertz CT molecular complexity index is 559. The Morgan fingerprint density at radius 1 is 1.30 bits per heavy atom. The Kier molecular flexibility index (Phi) is 5.23. The molecule has 2 heterocycles. The van der Waals surface area contributed by atoms with Crippen molar-refractivity contribution in [2.45, 2.75) is 37.2 Å². The van der Waals surface area contributed by atoms with Gasteiger partial charge in [0.05, 0.1) is 17.8 Å². The Hall–Kier alpha value is -1.76. The second-order valence-electron chi connectivity index (χ2n) is 4.05. The number of hydrogen-bond acceptors (Lipinski definition) is 7. The van der Waals surface area contributed by atoms with Gasteiger partial charge in [0.25, 0.3) is 0 Å². The minimum Gasteiger partial charge on any atom is -0.468 e. The summed E-state index contributed by atoms with van der Waals surface area (Å²) in [5.41, 5.74) is 0. The molecule has 108 valence electrons. The summed E-state index contributed by atoms with van der Waals surface area (Å²) in [6.07, 6.45) is 2.56. The number of hydrogen-bond donors (Lipinski definition) is 1. The third-order valence-electron chi connectivity index (χ3n) is 2.38. The highest BCUT2D eigenvalue weighted by molar-refractivity contribution is 7.99. The number of nitrogens with one attached hydrogen (secondary N) is 1. The molecule has 0 fully saturated rings. The van der Waals surface area contributed by atoms with Crippen molar-refractivity contribution in [3.05, 3.63) is 18.1 Å². The van der Waals surface area contributed by atoms with Gasteiger partial charge in [-0.3, -0.25) is 0 Å². The molecule has 2 rings (SSSR count). The van der Waals surface area contributed by atoms with Crippen LogP contribution >= 0.6 is 11.8 Å². The Morgan fingerprint density at radius 3 is 2.80 bits per heavy atom. The van der Waals surface area contributed by atoms with Gasteiger partial charge in [-0.05, 0) is 38.1 Å². The Balaban J connectivity index is 2.21. The van der Waals surface area contributed by atoms with Gasteiger partial charge in [-0.25, -0.2) is 0 Å². The lowest BCUT2D eigenvalue weighted by Gasteiger charge is -2.07.